The number of rotatable bonds is 10. The maximum atomic E-state index is 13.4. The van der Waals surface area contributed by atoms with Crippen molar-refractivity contribution in [3.05, 3.63) is 96.6 Å². The van der Waals surface area contributed by atoms with Gasteiger partial charge in [0.1, 0.15) is 0 Å². The molecule has 0 aromatic heterocycles. The molecule has 3 aromatic rings. The van der Waals surface area contributed by atoms with Crippen molar-refractivity contribution in [2.45, 2.75) is 66.8 Å². The highest BCUT2D eigenvalue weighted by molar-refractivity contribution is 7.91. The predicted octanol–water partition coefficient (Wildman–Crippen LogP) is 5.48. The van der Waals surface area contributed by atoms with Crippen molar-refractivity contribution in [1.29, 1.82) is 0 Å². The van der Waals surface area contributed by atoms with Crippen LogP contribution in [0.5, 0.6) is 0 Å². The van der Waals surface area contributed by atoms with Gasteiger partial charge in [0.25, 0.3) is 0 Å². The molecule has 1 aliphatic carbocycles. The third-order valence-corrected chi connectivity index (χ3v) is 13.7. The number of nitrogens with zero attached hydrogens (tertiary/aromatic N) is 3. The largest absolute Gasteiger partial charge is 0.371 e. The van der Waals surface area contributed by atoms with Crippen molar-refractivity contribution in [1.82, 2.24) is 15.1 Å². The molecular weight excluding hydrogens is 659 g/mol. The predicted molar refractivity (Wildman–Crippen MR) is 201 cm³/mol. The number of fused-ring (bicyclic) bond motifs is 1. The summed E-state index contributed by atoms with van der Waals surface area (Å²) in [5.41, 5.74) is 4.46. The van der Waals surface area contributed by atoms with Crippen LogP contribution in [0.3, 0.4) is 0 Å². The van der Waals surface area contributed by atoms with Crippen molar-refractivity contribution >= 4 is 33.0 Å². The van der Waals surface area contributed by atoms with Gasteiger partial charge >= 0.3 is 0 Å². The first-order chi connectivity index (χ1) is 24.6. The molecule has 1 unspecified atom stereocenters. The molecule has 2 amide bonds. The van der Waals surface area contributed by atoms with E-state index in [1.807, 2.05) is 12.1 Å². The van der Waals surface area contributed by atoms with Gasteiger partial charge in [0.05, 0.1) is 9.79 Å². The zero-order valence-electron chi connectivity index (χ0n) is 29.9. The summed E-state index contributed by atoms with van der Waals surface area (Å²) in [6.07, 6.45) is 6.89. The summed E-state index contributed by atoms with van der Waals surface area (Å²) in [6, 6.07) is 22.8. The van der Waals surface area contributed by atoms with Crippen LogP contribution in [0.4, 0.5) is 11.4 Å². The minimum Gasteiger partial charge on any atom is -0.371 e. The Hall–Kier alpha value is -3.99. The summed E-state index contributed by atoms with van der Waals surface area (Å²) >= 11 is 0. The van der Waals surface area contributed by atoms with Gasteiger partial charge in [-0.25, -0.2) is 8.42 Å². The Morgan fingerprint density at radius 3 is 2.41 bits per heavy atom. The zero-order chi connectivity index (χ0) is 35.8. The first-order valence-corrected chi connectivity index (χ1v) is 19.9. The lowest BCUT2D eigenvalue weighted by Gasteiger charge is -2.55. The van der Waals surface area contributed by atoms with Gasteiger partial charge < -0.3 is 25.3 Å². The Morgan fingerprint density at radius 1 is 0.941 bits per heavy atom. The maximum Gasteiger partial charge on any atom is 0.247 e. The van der Waals surface area contributed by atoms with E-state index < -0.39 is 15.7 Å². The lowest BCUT2D eigenvalue weighted by Crippen LogP contribution is -2.59. The minimum atomic E-state index is -3.74. The average molecular weight is 710 g/mol. The monoisotopic (exact) mass is 709 g/mol. The molecule has 3 aliphatic heterocycles. The number of hydrogen-bond donors (Lipinski definition) is 2. The normalized spacial score (nSPS) is 24.8. The van der Waals surface area contributed by atoms with Crippen molar-refractivity contribution in [2.24, 2.45) is 17.8 Å². The molecule has 2 N–H and O–H groups in total. The van der Waals surface area contributed by atoms with Gasteiger partial charge in [-0.15, -0.1) is 0 Å². The molecule has 0 bridgehead atoms. The topological polar surface area (TPSA) is 102 Å². The summed E-state index contributed by atoms with van der Waals surface area (Å²) in [5.74, 6) is 1.28. The van der Waals surface area contributed by atoms with Crippen molar-refractivity contribution in [3.63, 3.8) is 0 Å². The second kappa shape index (κ2) is 14.6. The number of piperidine rings is 1. The van der Waals surface area contributed by atoms with Crippen molar-refractivity contribution in [3.8, 4) is 0 Å². The van der Waals surface area contributed by atoms with Gasteiger partial charge in [-0.1, -0.05) is 43.3 Å². The second-order valence-corrected chi connectivity index (χ2v) is 17.2. The molecule has 3 heterocycles. The van der Waals surface area contributed by atoms with E-state index >= 15 is 0 Å². The Bertz CT molecular complexity index is 1870. The van der Waals surface area contributed by atoms with E-state index in [0.29, 0.717) is 23.4 Å². The number of carbonyl (C=O) groups excluding carboxylic acids is 2. The number of anilines is 2. The zero-order valence-corrected chi connectivity index (χ0v) is 30.7. The number of carbonyl (C=O) groups is 2. The molecule has 2 saturated heterocycles. The highest BCUT2D eigenvalue weighted by Gasteiger charge is 2.54. The summed E-state index contributed by atoms with van der Waals surface area (Å²) in [4.78, 5) is 31.9. The summed E-state index contributed by atoms with van der Waals surface area (Å²) in [6.45, 7) is 12.3. The van der Waals surface area contributed by atoms with E-state index in [9.17, 15) is 18.0 Å². The highest BCUT2D eigenvalue weighted by atomic mass is 32.2. The van der Waals surface area contributed by atoms with Gasteiger partial charge in [0, 0.05) is 68.4 Å². The van der Waals surface area contributed by atoms with E-state index in [-0.39, 0.29) is 27.2 Å². The molecule has 10 heteroatoms. The van der Waals surface area contributed by atoms with Gasteiger partial charge in [-0.2, -0.15) is 0 Å². The number of hydrogen-bond acceptors (Lipinski definition) is 7. The molecule has 0 radical (unpaired) electrons. The van der Waals surface area contributed by atoms with Crippen LogP contribution < -0.4 is 15.5 Å². The smallest absolute Gasteiger partial charge is 0.247 e. The molecule has 3 fully saturated rings. The minimum absolute atomic E-state index is 0.0381. The summed E-state index contributed by atoms with van der Waals surface area (Å²) < 4.78 is 26.7. The molecule has 3 atom stereocenters. The molecule has 3 aromatic carbocycles. The molecule has 1 saturated carbocycles. The van der Waals surface area contributed by atoms with Crippen LogP contribution >= 0.6 is 0 Å². The van der Waals surface area contributed by atoms with E-state index in [4.69, 9.17) is 0 Å². The fourth-order valence-corrected chi connectivity index (χ4v) is 11.1. The third kappa shape index (κ3) is 7.10. The van der Waals surface area contributed by atoms with E-state index in [0.717, 1.165) is 64.0 Å². The molecule has 0 spiro atoms. The summed E-state index contributed by atoms with van der Waals surface area (Å²) in [5, 5.41) is 6.00. The Morgan fingerprint density at radius 2 is 1.69 bits per heavy atom. The Balaban J connectivity index is 0.973. The number of likely N-dealkylation sites (N-methyl/N-ethyl adjacent to an activating group) is 1. The Kier molecular flexibility index (Phi) is 10.1. The lowest BCUT2D eigenvalue weighted by atomic mass is 9.56. The number of nitrogens with one attached hydrogen (secondary N) is 2. The van der Waals surface area contributed by atoms with E-state index in [1.54, 1.807) is 37.3 Å². The van der Waals surface area contributed by atoms with Crippen LogP contribution in [-0.4, -0.2) is 82.4 Å². The second-order valence-electron chi connectivity index (χ2n) is 15.3. The van der Waals surface area contributed by atoms with Gasteiger partial charge in [0.2, 0.25) is 21.7 Å². The van der Waals surface area contributed by atoms with Gasteiger partial charge in [-0.3, -0.25) is 9.59 Å². The van der Waals surface area contributed by atoms with Crippen molar-refractivity contribution < 1.29 is 18.0 Å². The lowest BCUT2D eigenvalue weighted by molar-refractivity contribution is -0.120. The number of amides is 2. The van der Waals surface area contributed by atoms with E-state index in [2.05, 4.69) is 63.2 Å². The third-order valence-electron chi connectivity index (χ3n) is 12.0. The molecule has 270 valence electrons. The highest BCUT2D eigenvalue weighted by Crippen LogP contribution is 2.53. The first-order valence-electron chi connectivity index (χ1n) is 18.5. The molecule has 4 aliphatic rings. The summed E-state index contributed by atoms with van der Waals surface area (Å²) in [7, 11) is -1.47. The van der Waals surface area contributed by atoms with Crippen molar-refractivity contribution in [2.75, 3.05) is 56.5 Å². The van der Waals surface area contributed by atoms with Crippen LogP contribution in [-0.2, 0) is 31.4 Å². The quantitative estimate of drug-likeness (QED) is 0.269. The molecular formula is C41H51N5O4S. The fraction of sp³-hybridized carbons (Fsp3) is 0.463. The molecule has 51 heavy (non-hydrogen) atoms. The van der Waals surface area contributed by atoms with Crippen LogP contribution in [0, 0.1) is 17.8 Å². The maximum absolute atomic E-state index is 13.4. The van der Waals surface area contributed by atoms with Crippen LogP contribution in [0.25, 0.3) is 0 Å². The standard InChI is InChI=1S/C41H51N5O4S/c1-4-40(48)43-33-10-7-11-36(23-33)51(49,50)35-17-15-34(16-18-35)46-25-30(26-46)24-45-21-19-32(20-22-45)41(38-13-8-14-39(38)42-29(2)47)28-44(3)27-31-9-5-6-12-37(31)41/h4-7,9-12,15-18,23,30,32,38-39H,1,8,13-14,19-22,24-28H2,2-3H3,(H,42,47)(H,43,48)/t38?,39-,41-/m0/s1. The number of sulfone groups is 1. The van der Waals surface area contributed by atoms with Gasteiger partial charge in [0.15, 0.2) is 0 Å². The van der Waals surface area contributed by atoms with E-state index in [1.165, 1.54) is 42.9 Å². The first kappa shape index (κ1) is 35.4. The molecule has 7 rings (SSSR count). The Labute approximate surface area is 303 Å². The molecule has 9 nitrogen and oxygen atoms in total. The van der Waals surface area contributed by atoms with Crippen LogP contribution in [0.15, 0.2) is 95.2 Å². The average Bonchev–Trinajstić information content (AvgIpc) is 3.57. The SMILES string of the molecule is C=CC(=O)Nc1cccc(S(=O)(=O)c2ccc(N3CC(CN4CCC([C@@]5(C6CCC[C@@H]6NC(C)=O)CN(C)Cc6ccccc65)CC4)C3)cc2)c1. The van der Waals surface area contributed by atoms with Crippen LogP contribution in [0.1, 0.15) is 50.2 Å². The fourth-order valence-electron chi connectivity index (χ4n) is 9.77. The van der Waals surface area contributed by atoms with Crippen LogP contribution in [0.2, 0.25) is 0 Å². The van der Waals surface area contributed by atoms with Gasteiger partial charge in [-0.05, 0) is 117 Å². The number of likely N-dealkylation sites (tertiary alicyclic amines) is 1. The number of benzene rings is 3.